The molecule has 0 amide bonds. The molecular weight excluding hydrogens is 192 g/mol. The number of hydrogen-bond donors (Lipinski definition) is 1. The molecular formula is C11H14N2O2. The summed E-state index contributed by atoms with van der Waals surface area (Å²) in [5.41, 5.74) is 1.07. The van der Waals surface area contributed by atoms with Gasteiger partial charge in [0.25, 0.3) is 0 Å². The quantitative estimate of drug-likeness (QED) is 0.749. The molecule has 0 fully saturated rings. The zero-order chi connectivity index (χ0) is 11.1. The van der Waals surface area contributed by atoms with Gasteiger partial charge in [0.1, 0.15) is 5.69 Å². The van der Waals surface area contributed by atoms with Crippen LogP contribution in [0, 0.1) is 0 Å². The van der Waals surface area contributed by atoms with Crippen LogP contribution in [-0.2, 0) is 4.74 Å². The molecule has 0 saturated heterocycles. The number of carbonyl (C=O) groups is 1. The predicted octanol–water partition coefficient (Wildman–Crippen LogP) is 1.10. The molecule has 1 N–H and O–H groups in total. The lowest BCUT2D eigenvalue weighted by Gasteiger charge is -1.99. The number of nitrogens with zero attached hydrogens (tertiary/aromatic N) is 1. The largest absolute Gasteiger partial charge is 0.464 e. The number of methoxy groups -OCH3 is 1. The van der Waals surface area contributed by atoms with Gasteiger partial charge in [-0.15, -0.1) is 0 Å². The van der Waals surface area contributed by atoms with Crippen LogP contribution >= 0.6 is 0 Å². The molecule has 0 aliphatic heterocycles. The SMILES string of the molecule is CNCC=Cc1cccc(C(=O)OC)n1. The molecule has 4 heteroatoms. The molecule has 1 aromatic rings. The van der Waals surface area contributed by atoms with Crippen molar-refractivity contribution < 1.29 is 9.53 Å². The van der Waals surface area contributed by atoms with Gasteiger partial charge in [-0.25, -0.2) is 9.78 Å². The summed E-state index contributed by atoms with van der Waals surface area (Å²) in [4.78, 5) is 15.3. The van der Waals surface area contributed by atoms with Gasteiger partial charge in [-0.3, -0.25) is 0 Å². The summed E-state index contributed by atoms with van der Waals surface area (Å²) in [6, 6.07) is 5.23. The van der Waals surface area contributed by atoms with E-state index in [4.69, 9.17) is 0 Å². The lowest BCUT2D eigenvalue weighted by molar-refractivity contribution is 0.0594. The standard InChI is InChI=1S/C11H14N2O2/c1-12-8-4-6-9-5-3-7-10(13-9)11(14)15-2/h3-7,12H,8H2,1-2H3. The first kappa shape index (κ1) is 11.4. The highest BCUT2D eigenvalue weighted by Gasteiger charge is 2.05. The van der Waals surface area contributed by atoms with Gasteiger partial charge in [0, 0.05) is 6.54 Å². The van der Waals surface area contributed by atoms with Gasteiger partial charge >= 0.3 is 5.97 Å². The third kappa shape index (κ3) is 3.52. The number of hydrogen-bond acceptors (Lipinski definition) is 4. The molecule has 0 atom stereocenters. The molecule has 0 spiro atoms. The highest BCUT2D eigenvalue weighted by Crippen LogP contribution is 2.02. The van der Waals surface area contributed by atoms with E-state index in [2.05, 4.69) is 15.0 Å². The van der Waals surface area contributed by atoms with Gasteiger partial charge in [0.15, 0.2) is 0 Å². The second kappa shape index (κ2) is 5.93. The van der Waals surface area contributed by atoms with Crippen LogP contribution in [0.2, 0.25) is 0 Å². The van der Waals surface area contributed by atoms with Gasteiger partial charge in [-0.1, -0.05) is 12.1 Å². The topological polar surface area (TPSA) is 51.2 Å². The number of aromatic nitrogens is 1. The molecule has 0 aliphatic rings. The Morgan fingerprint density at radius 1 is 1.60 bits per heavy atom. The zero-order valence-electron chi connectivity index (χ0n) is 8.86. The Morgan fingerprint density at radius 3 is 3.07 bits per heavy atom. The molecule has 1 heterocycles. The zero-order valence-corrected chi connectivity index (χ0v) is 8.86. The molecule has 0 aliphatic carbocycles. The summed E-state index contributed by atoms with van der Waals surface area (Å²) >= 11 is 0. The van der Waals surface area contributed by atoms with Crippen LogP contribution in [0.15, 0.2) is 24.3 Å². The minimum absolute atomic E-state index is 0.323. The summed E-state index contributed by atoms with van der Waals surface area (Å²) < 4.78 is 4.58. The van der Waals surface area contributed by atoms with E-state index in [-0.39, 0.29) is 0 Å². The Kier molecular flexibility index (Phi) is 4.50. The van der Waals surface area contributed by atoms with Gasteiger partial charge < -0.3 is 10.1 Å². The van der Waals surface area contributed by atoms with Crippen LogP contribution in [0.4, 0.5) is 0 Å². The maximum atomic E-state index is 11.2. The van der Waals surface area contributed by atoms with Gasteiger partial charge in [-0.2, -0.15) is 0 Å². The van der Waals surface area contributed by atoms with E-state index >= 15 is 0 Å². The van der Waals surface area contributed by atoms with E-state index in [0.29, 0.717) is 5.69 Å². The lowest BCUT2D eigenvalue weighted by Crippen LogP contribution is -2.05. The summed E-state index contributed by atoms with van der Waals surface area (Å²) in [6.45, 7) is 0.768. The van der Waals surface area contributed by atoms with E-state index in [0.717, 1.165) is 12.2 Å². The Balaban J connectivity index is 2.78. The Bertz CT molecular complexity index is 361. The van der Waals surface area contributed by atoms with Gasteiger partial charge in [0.05, 0.1) is 12.8 Å². The van der Waals surface area contributed by atoms with Crippen molar-refractivity contribution in [1.82, 2.24) is 10.3 Å². The van der Waals surface area contributed by atoms with Crippen molar-refractivity contribution >= 4 is 12.0 Å². The molecule has 1 aromatic heterocycles. The first-order valence-electron chi connectivity index (χ1n) is 4.64. The monoisotopic (exact) mass is 206 g/mol. The van der Waals surface area contributed by atoms with Crippen LogP contribution in [0.1, 0.15) is 16.2 Å². The van der Waals surface area contributed by atoms with Crippen molar-refractivity contribution in [2.45, 2.75) is 0 Å². The van der Waals surface area contributed by atoms with E-state index in [9.17, 15) is 4.79 Å². The predicted molar refractivity (Wildman–Crippen MR) is 58.5 cm³/mol. The lowest BCUT2D eigenvalue weighted by atomic mass is 10.3. The van der Waals surface area contributed by atoms with Crippen LogP contribution in [0.25, 0.3) is 6.08 Å². The van der Waals surface area contributed by atoms with Crippen LogP contribution in [-0.4, -0.2) is 31.7 Å². The molecule has 1 rings (SSSR count). The average Bonchev–Trinajstić information content (AvgIpc) is 2.29. The number of ether oxygens (including phenoxy) is 1. The van der Waals surface area contributed by atoms with E-state index < -0.39 is 5.97 Å². The fourth-order valence-corrected chi connectivity index (χ4v) is 1.06. The van der Waals surface area contributed by atoms with Crippen LogP contribution < -0.4 is 5.32 Å². The van der Waals surface area contributed by atoms with Crippen molar-refractivity contribution in [3.8, 4) is 0 Å². The minimum atomic E-state index is -0.418. The van der Waals surface area contributed by atoms with Crippen molar-refractivity contribution in [2.24, 2.45) is 0 Å². The summed E-state index contributed by atoms with van der Waals surface area (Å²) in [5.74, 6) is -0.418. The van der Waals surface area contributed by atoms with Crippen molar-refractivity contribution in [1.29, 1.82) is 0 Å². The van der Waals surface area contributed by atoms with Gasteiger partial charge in [0.2, 0.25) is 0 Å². The third-order valence-electron chi connectivity index (χ3n) is 1.78. The number of esters is 1. The van der Waals surface area contributed by atoms with E-state index in [1.54, 1.807) is 12.1 Å². The van der Waals surface area contributed by atoms with Crippen LogP contribution in [0.5, 0.6) is 0 Å². The second-order valence-corrected chi connectivity index (χ2v) is 2.90. The highest BCUT2D eigenvalue weighted by atomic mass is 16.5. The summed E-state index contributed by atoms with van der Waals surface area (Å²) in [7, 11) is 3.20. The average molecular weight is 206 g/mol. The Labute approximate surface area is 89.0 Å². The van der Waals surface area contributed by atoms with Gasteiger partial charge in [-0.05, 0) is 25.3 Å². The molecule has 0 radical (unpaired) electrons. The smallest absolute Gasteiger partial charge is 0.356 e. The molecule has 15 heavy (non-hydrogen) atoms. The van der Waals surface area contributed by atoms with Crippen molar-refractivity contribution in [3.05, 3.63) is 35.7 Å². The Morgan fingerprint density at radius 2 is 2.40 bits per heavy atom. The van der Waals surface area contributed by atoms with Crippen molar-refractivity contribution in [2.75, 3.05) is 20.7 Å². The molecule has 4 nitrogen and oxygen atoms in total. The summed E-state index contributed by atoms with van der Waals surface area (Å²) in [6.07, 6.45) is 3.78. The number of pyridine rings is 1. The normalized spacial score (nSPS) is 10.5. The first-order valence-corrected chi connectivity index (χ1v) is 4.64. The van der Waals surface area contributed by atoms with E-state index in [1.807, 2.05) is 25.3 Å². The maximum Gasteiger partial charge on any atom is 0.356 e. The number of nitrogens with one attached hydrogen (secondary N) is 1. The molecule has 0 saturated carbocycles. The molecule has 0 unspecified atom stereocenters. The maximum absolute atomic E-state index is 11.2. The number of rotatable bonds is 4. The van der Waals surface area contributed by atoms with Crippen LogP contribution in [0.3, 0.4) is 0 Å². The minimum Gasteiger partial charge on any atom is -0.464 e. The number of likely N-dealkylation sites (N-methyl/N-ethyl adjacent to an activating group) is 1. The van der Waals surface area contributed by atoms with E-state index in [1.165, 1.54) is 7.11 Å². The molecule has 80 valence electrons. The fraction of sp³-hybridized carbons (Fsp3) is 0.273. The molecule has 0 bridgehead atoms. The van der Waals surface area contributed by atoms with Crippen molar-refractivity contribution in [3.63, 3.8) is 0 Å². The first-order chi connectivity index (χ1) is 7.27. The third-order valence-corrected chi connectivity index (χ3v) is 1.78. The second-order valence-electron chi connectivity index (χ2n) is 2.90. The number of carbonyl (C=O) groups excluding carboxylic acids is 1. The summed E-state index contributed by atoms with van der Waals surface area (Å²) in [5, 5.41) is 2.98. The Hall–Kier alpha value is -1.68. The fourth-order valence-electron chi connectivity index (χ4n) is 1.06. The molecule has 0 aromatic carbocycles. The highest BCUT2D eigenvalue weighted by molar-refractivity contribution is 5.87.